The second-order valence-corrected chi connectivity index (χ2v) is 34.4. The minimum Gasteiger partial charge on any atom is -0.354 e. The molecule has 0 radical (unpaired) electrons. The minimum atomic E-state index is -4.83. The molecular formula is C107H98F12N8. The lowest BCUT2D eigenvalue weighted by Crippen LogP contribution is -2.15. The molecule has 20 heteroatoms. The molecule has 1 aliphatic carbocycles. The van der Waals surface area contributed by atoms with Crippen LogP contribution in [0.2, 0.25) is 0 Å². The molecule has 16 bridgehead atoms. The van der Waals surface area contributed by atoms with Gasteiger partial charge in [-0.15, -0.1) is 0 Å². The van der Waals surface area contributed by atoms with Crippen LogP contribution in [0.15, 0.2) is 146 Å². The highest BCUT2D eigenvalue weighted by Gasteiger charge is 2.44. The number of H-pyrrole nitrogens is 4. The number of aromatic nitrogens is 8. The van der Waals surface area contributed by atoms with Crippen LogP contribution in [-0.4, -0.2) is 39.9 Å². The number of alkyl halides is 12. The Hall–Kier alpha value is -12.3. The largest absolute Gasteiger partial charge is 0.417 e. The molecule has 12 aromatic rings. The van der Waals surface area contributed by atoms with Crippen LogP contribution in [0.4, 0.5) is 52.7 Å². The Bertz CT molecular complexity index is 6690. The molecule has 0 amide bonds. The zero-order valence-electron chi connectivity index (χ0n) is 74.3. The quantitative estimate of drug-likeness (QED) is 0.0812. The van der Waals surface area contributed by atoms with Crippen molar-refractivity contribution in [1.82, 2.24) is 39.9 Å². The molecule has 0 fully saturated rings. The topological polar surface area (TPSA) is 115 Å². The van der Waals surface area contributed by atoms with E-state index in [9.17, 15) is 0 Å². The number of nitrogens with zero attached hydrogens (tertiary/aromatic N) is 4. The van der Waals surface area contributed by atoms with E-state index in [1.165, 1.54) is 48.5 Å². The van der Waals surface area contributed by atoms with Crippen LogP contribution in [0.1, 0.15) is 246 Å². The molecule has 17 rings (SSSR count). The van der Waals surface area contributed by atoms with E-state index >= 15 is 52.7 Å². The summed E-state index contributed by atoms with van der Waals surface area (Å²) in [6.07, 6.45) is -16.2. The number of halogens is 12. The van der Waals surface area contributed by atoms with E-state index in [4.69, 9.17) is 19.9 Å². The van der Waals surface area contributed by atoms with E-state index < -0.39 is 52.4 Å². The molecular weight excluding hydrogens is 1630 g/mol. The molecule has 0 spiro atoms. The Morgan fingerprint density at radius 2 is 0.535 bits per heavy atom. The number of allylic oxidation sites excluding steroid dienone is 8. The van der Waals surface area contributed by atoms with Gasteiger partial charge in [-0.25, -0.2) is 19.9 Å². The number of rotatable bonds is 14. The first-order valence-corrected chi connectivity index (χ1v) is 43.7. The maximum atomic E-state index is 16.0. The number of hydrogen-bond acceptors (Lipinski definition) is 4. The lowest BCUT2D eigenvalue weighted by Gasteiger charge is -2.23. The summed E-state index contributed by atoms with van der Waals surface area (Å²) in [6.45, 7) is 35.1. The smallest absolute Gasteiger partial charge is 0.354 e. The van der Waals surface area contributed by atoms with Crippen LogP contribution in [0.5, 0.6) is 0 Å². The van der Waals surface area contributed by atoms with Gasteiger partial charge in [0.25, 0.3) is 0 Å². The van der Waals surface area contributed by atoms with Crippen LogP contribution >= 0.6 is 0 Å². The second kappa shape index (κ2) is 31.6. The first-order valence-electron chi connectivity index (χ1n) is 43.7. The summed E-state index contributed by atoms with van der Waals surface area (Å²) in [6, 6.07) is 38.3. The van der Waals surface area contributed by atoms with Crippen molar-refractivity contribution < 1.29 is 52.7 Å². The number of nitrogens with one attached hydrogen (secondary N) is 4. The molecule has 127 heavy (non-hydrogen) atoms. The van der Waals surface area contributed by atoms with Crippen molar-refractivity contribution in [2.75, 3.05) is 0 Å². The summed E-state index contributed by atoms with van der Waals surface area (Å²) in [5.74, 6) is 0. The number of aryl methyl sites for hydroxylation is 8. The SMILES string of the molecule is CCC1=C(C)c2nc1cc1[nH]c(c(C)c1CC)c(-c1ccccc1C(F)(F)F)c1nc(c(-c3ccc4c(c3)C(C)(C)c3cc(-c5c6nc(c(-c7ccccc7C(F)(F)F)c7[nH]c(cc8nc(c(-c9ccccc9C(F)(F)F)c9[nH]c5c(CC)c9C)C(C)=C8CC)c(CC)c7C)C(C)=C6CC)ccc3-4)c3[nH]c(c(C)c3CC)c2-c2ccccc2C(F)(F)F)C(CC)=C1C. The van der Waals surface area contributed by atoms with Crippen molar-refractivity contribution in [3.63, 3.8) is 0 Å². The molecule has 650 valence electrons. The average molecular weight is 1720 g/mol. The van der Waals surface area contributed by atoms with Gasteiger partial charge < -0.3 is 19.9 Å². The molecule has 0 unspecified atom stereocenters. The van der Waals surface area contributed by atoms with Crippen LogP contribution in [-0.2, 0) is 55.8 Å². The summed E-state index contributed by atoms with van der Waals surface area (Å²) < 4.78 is 193. The van der Waals surface area contributed by atoms with E-state index in [1.807, 2.05) is 135 Å². The fourth-order valence-electron chi connectivity index (χ4n) is 21.2. The van der Waals surface area contributed by atoms with Gasteiger partial charge in [-0.1, -0.05) is 166 Å². The van der Waals surface area contributed by atoms with Gasteiger partial charge in [0.1, 0.15) is 0 Å². The highest BCUT2D eigenvalue weighted by Crippen LogP contribution is 2.57. The van der Waals surface area contributed by atoms with Crippen molar-refractivity contribution in [2.45, 2.75) is 206 Å². The number of benzene rings is 6. The highest BCUT2D eigenvalue weighted by molar-refractivity contribution is 6.11. The van der Waals surface area contributed by atoms with E-state index in [1.54, 1.807) is 24.3 Å². The average Bonchev–Trinajstić information content (AvgIpc) is 1.56. The molecule has 5 aliphatic rings. The van der Waals surface area contributed by atoms with E-state index in [0.29, 0.717) is 219 Å². The monoisotopic (exact) mass is 1720 g/mol. The normalized spacial score (nSPS) is 14.3. The van der Waals surface area contributed by atoms with Crippen molar-refractivity contribution >= 4 is 88.7 Å². The van der Waals surface area contributed by atoms with Gasteiger partial charge >= 0.3 is 24.7 Å². The predicted octanol–water partition coefficient (Wildman–Crippen LogP) is 32.2. The molecule has 0 saturated carbocycles. The second-order valence-electron chi connectivity index (χ2n) is 34.4. The van der Waals surface area contributed by atoms with Crippen LogP contribution in [0, 0.1) is 27.7 Å². The van der Waals surface area contributed by atoms with Gasteiger partial charge in [-0.2, -0.15) is 52.7 Å². The fourth-order valence-corrected chi connectivity index (χ4v) is 21.2. The zero-order valence-corrected chi connectivity index (χ0v) is 74.3. The van der Waals surface area contributed by atoms with Crippen LogP contribution < -0.4 is 0 Å². The van der Waals surface area contributed by atoms with Crippen molar-refractivity contribution in [3.8, 4) is 77.9 Å². The Labute approximate surface area is 730 Å². The van der Waals surface area contributed by atoms with Crippen LogP contribution in [0.3, 0.4) is 0 Å². The molecule has 8 nitrogen and oxygen atoms in total. The summed E-state index contributed by atoms with van der Waals surface area (Å²) in [4.78, 5) is 37.3. The molecule has 6 aromatic heterocycles. The molecule has 10 heterocycles. The first-order chi connectivity index (χ1) is 60.3. The third kappa shape index (κ3) is 13.7. The summed E-state index contributed by atoms with van der Waals surface area (Å²) in [5.41, 5.74) is 19.9. The maximum Gasteiger partial charge on any atom is 0.417 e. The van der Waals surface area contributed by atoms with Crippen molar-refractivity contribution in [3.05, 3.63) is 269 Å². The van der Waals surface area contributed by atoms with Gasteiger partial charge in [0.2, 0.25) is 0 Å². The zero-order chi connectivity index (χ0) is 90.8. The van der Waals surface area contributed by atoms with Gasteiger partial charge in [-0.05, 0) is 300 Å². The molecule has 0 saturated heterocycles. The molecule has 6 aromatic carbocycles. The summed E-state index contributed by atoms with van der Waals surface area (Å²) in [5, 5.41) is 0. The Morgan fingerprint density at radius 1 is 0.268 bits per heavy atom. The van der Waals surface area contributed by atoms with Crippen molar-refractivity contribution in [2.24, 2.45) is 0 Å². The first kappa shape index (κ1) is 86.8. The highest BCUT2D eigenvalue weighted by atomic mass is 19.4. The van der Waals surface area contributed by atoms with E-state index in [0.717, 1.165) is 79.9 Å². The van der Waals surface area contributed by atoms with Gasteiger partial charge in [0.15, 0.2) is 0 Å². The van der Waals surface area contributed by atoms with Crippen molar-refractivity contribution in [1.29, 1.82) is 0 Å². The maximum absolute atomic E-state index is 16.0. The number of aromatic amines is 4. The lowest BCUT2D eigenvalue weighted by molar-refractivity contribution is -0.137. The number of fused-ring (bicyclic) bond motifs is 19. The predicted molar refractivity (Wildman–Crippen MR) is 493 cm³/mol. The van der Waals surface area contributed by atoms with Crippen LogP contribution in [0.25, 0.3) is 167 Å². The van der Waals surface area contributed by atoms with Gasteiger partial charge in [0.05, 0.1) is 101 Å². The standard InChI is InChI=1S/C107H98F12N8/c1-19-61-51(9)91-87(71-35-27-31-39-75(71)104(108,109)110)95-55(13)65(23-5)99(124-95)85(100-66(24-6)56(14)96(125-100)88(72-36-28-32-40-76(72)105(111,112)113)92-52(10)62(20-2)82(121-92)49-81(61)120-91)59-43-45-69-70-46-44-60(48-80(70)103(17,18)79(69)47-59)86-101-67(25-7)57(15)97(126-101)89(73-37-29-33-41-77(73)106(114,115)116)93-53(11)63(21-3)83(122-93)50-84-64(22-4)54(12)94(123-84)90(98-58(16)68(26-8)102(86)127-98)74-38-30-34-42-78(74)107(117,118)119/h27-50,120,122,125,127H,19-26H2,1-18H3. The van der Waals surface area contributed by atoms with E-state index in [-0.39, 0.29) is 44.5 Å². The third-order valence-electron chi connectivity index (χ3n) is 27.5. The molecule has 0 atom stereocenters. The molecule has 4 aliphatic heterocycles. The number of hydrogen-bond donors (Lipinski definition) is 4. The van der Waals surface area contributed by atoms with Gasteiger partial charge in [0, 0.05) is 49.8 Å². The Balaban J connectivity index is 1.01. The lowest BCUT2D eigenvalue weighted by atomic mass is 9.80. The summed E-state index contributed by atoms with van der Waals surface area (Å²) in [7, 11) is 0. The Kier molecular flexibility index (Phi) is 21.6. The van der Waals surface area contributed by atoms with E-state index in [2.05, 4.69) is 58.0 Å². The molecule has 4 N–H and O–H groups in total. The third-order valence-corrected chi connectivity index (χ3v) is 27.5. The minimum absolute atomic E-state index is 0.0988. The fraction of sp³-hybridized carbons (Fsp3) is 0.290. The Morgan fingerprint density at radius 3 is 0.819 bits per heavy atom. The summed E-state index contributed by atoms with van der Waals surface area (Å²) >= 11 is 0. The van der Waals surface area contributed by atoms with Gasteiger partial charge in [-0.3, -0.25) is 0 Å².